The zero-order chi connectivity index (χ0) is 16.1. The highest BCUT2D eigenvalue weighted by Gasteiger charge is 2.11. The number of carbonyl (C=O) groups is 1. The van der Waals surface area contributed by atoms with Crippen LogP contribution >= 0.6 is 45.8 Å². The second-order valence-electron chi connectivity index (χ2n) is 4.75. The predicted octanol–water partition coefficient (Wildman–Crippen LogP) is 4.60. The maximum atomic E-state index is 12.1. The number of thiophene rings is 2. The average Bonchev–Trinajstić information content (AvgIpc) is 3.27. The van der Waals surface area contributed by atoms with Crippen molar-refractivity contribution in [2.45, 2.75) is 17.7 Å². The number of aryl methyl sites for hydroxylation is 1. The van der Waals surface area contributed by atoms with E-state index in [-0.39, 0.29) is 5.78 Å². The molecule has 3 heterocycles. The van der Waals surface area contributed by atoms with E-state index in [2.05, 4.69) is 33.0 Å². The van der Waals surface area contributed by atoms with Gasteiger partial charge < -0.3 is 5.32 Å². The van der Waals surface area contributed by atoms with Gasteiger partial charge in [-0.05, 0) is 36.9 Å². The molecule has 0 aliphatic heterocycles. The van der Waals surface area contributed by atoms with Crippen LogP contribution in [0.4, 0.5) is 5.13 Å². The van der Waals surface area contributed by atoms with E-state index >= 15 is 0 Å². The number of carbonyl (C=O) groups excluding carboxylic acids is 1. The van der Waals surface area contributed by atoms with E-state index in [1.54, 1.807) is 11.3 Å². The number of Topliss-reactive ketones (excluding diaryl/α,β-unsaturated/α-hetero) is 1. The summed E-state index contributed by atoms with van der Waals surface area (Å²) >= 11 is 6.25. The molecule has 0 spiro atoms. The number of aromatic nitrogens is 2. The molecule has 0 aromatic carbocycles. The average molecular weight is 382 g/mol. The van der Waals surface area contributed by atoms with Gasteiger partial charge in [0.1, 0.15) is 0 Å². The van der Waals surface area contributed by atoms with E-state index < -0.39 is 0 Å². The molecular weight excluding hydrogens is 366 g/mol. The van der Waals surface area contributed by atoms with Crippen LogP contribution in [-0.2, 0) is 6.42 Å². The molecule has 3 aromatic heterocycles. The third kappa shape index (κ3) is 4.87. The van der Waals surface area contributed by atoms with Crippen LogP contribution in [0.5, 0.6) is 0 Å². The van der Waals surface area contributed by atoms with Gasteiger partial charge in [-0.1, -0.05) is 29.2 Å². The number of ketones is 1. The summed E-state index contributed by atoms with van der Waals surface area (Å²) in [6.45, 7) is 2.85. The van der Waals surface area contributed by atoms with Crippen molar-refractivity contribution < 1.29 is 4.79 Å². The summed E-state index contributed by atoms with van der Waals surface area (Å²) in [6.07, 6.45) is 0.982. The molecule has 0 radical (unpaired) electrons. The molecule has 23 heavy (non-hydrogen) atoms. The van der Waals surface area contributed by atoms with Crippen LogP contribution < -0.4 is 5.32 Å². The highest BCUT2D eigenvalue weighted by atomic mass is 32.2. The van der Waals surface area contributed by atoms with Crippen molar-refractivity contribution >= 4 is 56.7 Å². The summed E-state index contributed by atoms with van der Waals surface area (Å²) in [4.78, 5) is 15.4. The van der Waals surface area contributed by atoms with Crippen LogP contribution in [-0.4, -0.2) is 28.3 Å². The maximum absolute atomic E-state index is 12.1. The normalized spacial score (nSPS) is 10.8. The fourth-order valence-electron chi connectivity index (χ4n) is 1.87. The number of nitrogens with zero attached hydrogens (tertiary/aromatic N) is 2. The molecule has 4 nitrogen and oxygen atoms in total. The number of rotatable bonds is 8. The molecule has 0 atom stereocenters. The molecule has 0 saturated carbocycles. The van der Waals surface area contributed by atoms with Gasteiger partial charge in [-0.15, -0.1) is 32.9 Å². The van der Waals surface area contributed by atoms with Gasteiger partial charge in [0, 0.05) is 16.3 Å². The number of thioether (sulfide) groups is 1. The summed E-state index contributed by atoms with van der Waals surface area (Å²) in [6, 6.07) is 8.06. The van der Waals surface area contributed by atoms with Gasteiger partial charge in [-0.3, -0.25) is 4.79 Å². The Hall–Kier alpha value is -1.22. The minimum Gasteiger partial charge on any atom is -0.360 e. The number of hydrogen-bond acceptors (Lipinski definition) is 8. The zero-order valence-corrected chi connectivity index (χ0v) is 15.7. The first-order valence-electron chi connectivity index (χ1n) is 7.03. The molecule has 1 N–H and O–H groups in total. The summed E-state index contributed by atoms with van der Waals surface area (Å²) in [7, 11) is 0. The van der Waals surface area contributed by atoms with Crippen LogP contribution in [0, 0.1) is 6.92 Å². The Kier molecular flexibility index (Phi) is 5.82. The predicted molar refractivity (Wildman–Crippen MR) is 101 cm³/mol. The molecule has 0 aliphatic carbocycles. The standard InChI is InChI=1S/C15H15N3OS4/c1-10-4-5-13(22-10)12(19)9-21-15-18-17-14(23-15)16-7-6-11-3-2-8-20-11/h2-5,8H,6-7,9H2,1H3,(H,16,17). The van der Waals surface area contributed by atoms with Crippen LogP contribution in [0.25, 0.3) is 0 Å². The molecule has 8 heteroatoms. The lowest BCUT2D eigenvalue weighted by Gasteiger charge is -1.99. The second kappa shape index (κ2) is 8.05. The number of nitrogens with one attached hydrogen (secondary N) is 1. The Morgan fingerprint density at radius 2 is 2.17 bits per heavy atom. The van der Waals surface area contributed by atoms with Crippen LogP contribution in [0.1, 0.15) is 19.4 Å². The molecule has 0 bridgehead atoms. The minimum atomic E-state index is 0.149. The van der Waals surface area contributed by atoms with Crippen molar-refractivity contribution in [3.05, 3.63) is 44.3 Å². The first-order chi connectivity index (χ1) is 11.2. The molecule has 3 aromatic rings. The Bertz CT molecular complexity index is 763. The van der Waals surface area contributed by atoms with E-state index in [9.17, 15) is 4.79 Å². The molecule has 120 valence electrons. The van der Waals surface area contributed by atoms with Crippen LogP contribution in [0.2, 0.25) is 0 Å². The van der Waals surface area contributed by atoms with E-state index in [1.165, 1.54) is 39.3 Å². The zero-order valence-electron chi connectivity index (χ0n) is 12.4. The van der Waals surface area contributed by atoms with E-state index in [1.807, 2.05) is 19.1 Å². The number of hydrogen-bond donors (Lipinski definition) is 1. The monoisotopic (exact) mass is 381 g/mol. The Balaban J connectivity index is 1.44. The summed E-state index contributed by atoms with van der Waals surface area (Å²) < 4.78 is 0.824. The largest absolute Gasteiger partial charge is 0.360 e. The van der Waals surface area contributed by atoms with Crippen molar-refractivity contribution in [2.75, 3.05) is 17.6 Å². The molecule has 0 saturated heterocycles. The Morgan fingerprint density at radius 1 is 1.26 bits per heavy atom. The van der Waals surface area contributed by atoms with E-state index in [4.69, 9.17) is 0 Å². The molecule has 0 fully saturated rings. The van der Waals surface area contributed by atoms with E-state index in [0.717, 1.165) is 32.2 Å². The third-order valence-corrected chi connectivity index (χ3v) is 6.97. The van der Waals surface area contributed by atoms with Crippen molar-refractivity contribution in [1.29, 1.82) is 0 Å². The molecule has 0 amide bonds. The Labute approximate surface area is 151 Å². The lowest BCUT2D eigenvalue weighted by molar-refractivity contribution is 0.102. The van der Waals surface area contributed by atoms with Gasteiger partial charge in [0.2, 0.25) is 5.13 Å². The van der Waals surface area contributed by atoms with Gasteiger partial charge in [-0.25, -0.2) is 0 Å². The van der Waals surface area contributed by atoms with Gasteiger partial charge in [0.15, 0.2) is 10.1 Å². The molecule has 0 unspecified atom stereocenters. The van der Waals surface area contributed by atoms with Gasteiger partial charge >= 0.3 is 0 Å². The van der Waals surface area contributed by atoms with E-state index in [0.29, 0.717) is 5.75 Å². The lowest BCUT2D eigenvalue weighted by atomic mass is 10.3. The third-order valence-electron chi connectivity index (χ3n) is 2.98. The Morgan fingerprint density at radius 3 is 2.91 bits per heavy atom. The maximum Gasteiger partial charge on any atom is 0.206 e. The smallest absolute Gasteiger partial charge is 0.206 e. The summed E-state index contributed by atoms with van der Waals surface area (Å²) in [5, 5.41) is 14.4. The SMILES string of the molecule is Cc1ccc(C(=O)CSc2nnc(NCCc3cccs3)s2)s1. The molecular formula is C15H15N3OS4. The van der Waals surface area contributed by atoms with Crippen LogP contribution in [0.15, 0.2) is 34.0 Å². The molecule has 0 aliphatic rings. The summed E-state index contributed by atoms with van der Waals surface area (Å²) in [5.74, 6) is 0.555. The fraction of sp³-hybridized carbons (Fsp3) is 0.267. The van der Waals surface area contributed by atoms with Crippen molar-refractivity contribution in [3.63, 3.8) is 0 Å². The highest BCUT2D eigenvalue weighted by molar-refractivity contribution is 8.01. The van der Waals surface area contributed by atoms with Crippen molar-refractivity contribution in [3.8, 4) is 0 Å². The first-order valence-corrected chi connectivity index (χ1v) is 10.5. The lowest BCUT2D eigenvalue weighted by Crippen LogP contribution is -2.03. The first kappa shape index (κ1) is 16.6. The summed E-state index contributed by atoms with van der Waals surface area (Å²) in [5.41, 5.74) is 0. The second-order valence-corrected chi connectivity index (χ2v) is 9.27. The number of anilines is 1. The van der Waals surface area contributed by atoms with Gasteiger partial charge in [0.25, 0.3) is 0 Å². The fourth-order valence-corrected chi connectivity index (χ4v) is 5.14. The van der Waals surface area contributed by atoms with Gasteiger partial charge in [0.05, 0.1) is 10.6 Å². The topological polar surface area (TPSA) is 54.9 Å². The minimum absolute atomic E-state index is 0.149. The van der Waals surface area contributed by atoms with Crippen molar-refractivity contribution in [2.24, 2.45) is 0 Å². The highest BCUT2D eigenvalue weighted by Crippen LogP contribution is 2.27. The van der Waals surface area contributed by atoms with Crippen LogP contribution in [0.3, 0.4) is 0 Å². The van der Waals surface area contributed by atoms with Crippen molar-refractivity contribution in [1.82, 2.24) is 10.2 Å². The quantitative estimate of drug-likeness (QED) is 0.456. The molecule has 3 rings (SSSR count). The van der Waals surface area contributed by atoms with Gasteiger partial charge in [-0.2, -0.15) is 0 Å².